The molecule has 0 aliphatic rings. The first kappa shape index (κ1) is 17.0. The lowest BCUT2D eigenvalue weighted by molar-refractivity contribution is 0.257. The number of hydrogen-bond acceptors (Lipinski definition) is 2. The van der Waals surface area contributed by atoms with Gasteiger partial charge in [-0.25, -0.2) is 4.98 Å². The molecule has 0 radical (unpaired) electrons. The smallest absolute Gasteiger partial charge is 0.109 e. The normalized spacial score (nSPS) is 12.5. The van der Waals surface area contributed by atoms with Crippen molar-refractivity contribution in [3.05, 3.63) is 30.1 Å². The van der Waals surface area contributed by atoms with Gasteiger partial charge in [0.05, 0.1) is 11.0 Å². The average Bonchev–Trinajstić information content (AvgIpc) is 2.80. The molecule has 1 aromatic carbocycles. The van der Waals surface area contributed by atoms with Gasteiger partial charge in [-0.2, -0.15) is 0 Å². The second-order valence-electron chi connectivity index (χ2n) is 7.53. The molecule has 0 N–H and O–H groups in total. The summed E-state index contributed by atoms with van der Waals surface area (Å²) < 4.78 is 2.41. The Kier molecular flexibility index (Phi) is 5.63. The predicted octanol–water partition coefficient (Wildman–Crippen LogP) is 4.36. The molecule has 3 nitrogen and oxygen atoms in total. The number of benzene rings is 1. The first-order chi connectivity index (χ1) is 10.4. The van der Waals surface area contributed by atoms with Gasteiger partial charge in [0.2, 0.25) is 0 Å². The van der Waals surface area contributed by atoms with Gasteiger partial charge in [0.15, 0.2) is 0 Å². The quantitative estimate of drug-likeness (QED) is 0.758. The summed E-state index contributed by atoms with van der Waals surface area (Å²) in [6.45, 7) is 12.4. The number of fused-ring (bicyclic) bond motifs is 1. The Balaban J connectivity index is 2.05. The largest absolute Gasteiger partial charge is 0.327 e. The van der Waals surface area contributed by atoms with E-state index >= 15 is 0 Å². The topological polar surface area (TPSA) is 21.1 Å². The molecule has 22 heavy (non-hydrogen) atoms. The van der Waals surface area contributed by atoms with Crippen molar-refractivity contribution in [1.29, 1.82) is 0 Å². The number of nitrogens with zero attached hydrogens (tertiary/aromatic N) is 3. The highest BCUT2D eigenvalue weighted by Crippen LogP contribution is 2.19. The highest BCUT2D eigenvalue weighted by molar-refractivity contribution is 5.75. The van der Waals surface area contributed by atoms with E-state index in [-0.39, 0.29) is 0 Å². The fraction of sp³-hybridized carbons (Fsp3) is 0.632. The number of aromatic nitrogens is 2. The summed E-state index contributed by atoms with van der Waals surface area (Å²) >= 11 is 0. The Labute approximate surface area is 135 Å². The van der Waals surface area contributed by atoms with Crippen LogP contribution in [0.1, 0.15) is 46.4 Å². The maximum atomic E-state index is 4.81. The molecule has 0 saturated heterocycles. The van der Waals surface area contributed by atoms with Gasteiger partial charge in [-0.05, 0) is 44.0 Å². The Bertz CT molecular complexity index is 592. The van der Waals surface area contributed by atoms with Crippen molar-refractivity contribution in [3.8, 4) is 0 Å². The van der Waals surface area contributed by atoms with Gasteiger partial charge >= 0.3 is 0 Å². The lowest BCUT2D eigenvalue weighted by atomic mass is 9.92. The molecular weight excluding hydrogens is 270 g/mol. The van der Waals surface area contributed by atoms with Crippen molar-refractivity contribution in [3.63, 3.8) is 0 Å². The first-order valence-electron chi connectivity index (χ1n) is 8.53. The van der Waals surface area contributed by atoms with E-state index < -0.39 is 0 Å². The van der Waals surface area contributed by atoms with Crippen LogP contribution in [0.15, 0.2) is 24.3 Å². The molecular formula is C19H31N3. The number of likely N-dealkylation sites (N-methyl/N-ethyl adjacent to an activating group) is 1. The summed E-state index contributed by atoms with van der Waals surface area (Å²) in [7, 11) is 2.23. The van der Waals surface area contributed by atoms with Gasteiger partial charge in [0.1, 0.15) is 5.82 Å². The van der Waals surface area contributed by atoms with Crippen LogP contribution in [0.25, 0.3) is 11.0 Å². The Morgan fingerprint density at radius 1 is 1.14 bits per heavy atom. The highest BCUT2D eigenvalue weighted by Gasteiger charge is 2.13. The molecule has 3 heteroatoms. The molecule has 0 unspecified atom stereocenters. The molecule has 2 aromatic rings. The van der Waals surface area contributed by atoms with E-state index in [4.69, 9.17) is 4.98 Å². The third-order valence-corrected chi connectivity index (χ3v) is 4.16. The summed E-state index contributed by atoms with van der Waals surface area (Å²) in [6, 6.07) is 8.50. The van der Waals surface area contributed by atoms with E-state index in [0.29, 0.717) is 5.41 Å². The maximum Gasteiger partial charge on any atom is 0.109 e. The second-order valence-corrected chi connectivity index (χ2v) is 7.53. The summed E-state index contributed by atoms with van der Waals surface area (Å²) in [5, 5.41) is 0. The molecule has 0 aliphatic carbocycles. The second kappa shape index (κ2) is 7.28. The summed E-state index contributed by atoms with van der Waals surface area (Å²) in [4.78, 5) is 7.25. The Morgan fingerprint density at radius 3 is 2.55 bits per heavy atom. The van der Waals surface area contributed by atoms with E-state index in [9.17, 15) is 0 Å². The lowest BCUT2D eigenvalue weighted by Crippen LogP contribution is -2.27. The molecule has 0 amide bonds. The number of aryl methyl sites for hydroxylation is 1. The van der Waals surface area contributed by atoms with Crippen molar-refractivity contribution in [2.75, 3.05) is 20.1 Å². The van der Waals surface area contributed by atoms with Crippen LogP contribution in [0.4, 0.5) is 0 Å². The van der Waals surface area contributed by atoms with Crippen LogP contribution in [0.3, 0.4) is 0 Å². The number of rotatable bonds is 7. The molecule has 2 rings (SSSR count). The third-order valence-electron chi connectivity index (χ3n) is 4.16. The van der Waals surface area contributed by atoms with Crippen molar-refractivity contribution in [2.45, 2.75) is 53.5 Å². The molecule has 0 aliphatic heterocycles. The van der Waals surface area contributed by atoms with Gasteiger partial charge in [0.25, 0.3) is 0 Å². The number of hydrogen-bond donors (Lipinski definition) is 0. The maximum absolute atomic E-state index is 4.81. The van der Waals surface area contributed by atoms with E-state index in [1.165, 1.54) is 17.8 Å². The van der Waals surface area contributed by atoms with Gasteiger partial charge in [-0.1, -0.05) is 39.8 Å². The molecule has 0 bridgehead atoms. The van der Waals surface area contributed by atoms with Crippen LogP contribution in [0.2, 0.25) is 0 Å². The van der Waals surface area contributed by atoms with E-state index in [2.05, 4.69) is 68.5 Å². The highest BCUT2D eigenvalue weighted by atomic mass is 15.1. The van der Waals surface area contributed by atoms with E-state index in [0.717, 1.165) is 38.0 Å². The number of para-hydroxylation sites is 2. The van der Waals surface area contributed by atoms with Crippen molar-refractivity contribution in [2.24, 2.45) is 5.41 Å². The van der Waals surface area contributed by atoms with Crippen LogP contribution in [0, 0.1) is 5.41 Å². The summed E-state index contributed by atoms with van der Waals surface area (Å²) in [5.74, 6) is 1.23. The minimum Gasteiger partial charge on any atom is -0.327 e. The minimum atomic E-state index is 0.406. The van der Waals surface area contributed by atoms with Crippen LogP contribution < -0.4 is 0 Å². The standard InChI is InChI=1S/C19H31N3/c1-6-9-18-20-16-10-7-8-11-17(16)22(18)15-14-21(5)13-12-19(2,3)4/h7-8,10-11H,6,9,12-15H2,1-5H3. The zero-order valence-electron chi connectivity index (χ0n) is 14.9. The van der Waals surface area contributed by atoms with Crippen molar-refractivity contribution >= 4 is 11.0 Å². The molecule has 1 aromatic heterocycles. The average molecular weight is 301 g/mol. The van der Waals surface area contributed by atoms with Crippen molar-refractivity contribution in [1.82, 2.24) is 14.5 Å². The third kappa shape index (κ3) is 4.57. The van der Waals surface area contributed by atoms with E-state index in [1.807, 2.05) is 0 Å². The zero-order chi connectivity index (χ0) is 16.2. The molecule has 0 atom stereocenters. The first-order valence-corrected chi connectivity index (χ1v) is 8.53. The van der Waals surface area contributed by atoms with Gasteiger partial charge in [0, 0.05) is 19.5 Å². The van der Waals surface area contributed by atoms with Crippen LogP contribution >= 0.6 is 0 Å². The summed E-state index contributed by atoms with van der Waals surface area (Å²) in [5.41, 5.74) is 2.81. The summed E-state index contributed by atoms with van der Waals surface area (Å²) in [6.07, 6.45) is 3.43. The van der Waals surface area contributed by atoms with Crippen molar-refractivity contribution < 1.29 is 0 Å². The van der Waals surface area contributed by atoms with Gasteiger partial charge in [-0.3, -0.25) is 0 Å². The monoisotopic (exact) mass is 301 g/mol. The molecule has 0 saturated carbocycles. The predicted molar refractivity (Wildman–Crippen MR) is 95.3 cm³/mol. The number of imidazole rings is 1. The molecule has 0 spiro atoms. The van der Waals surface area contributed by atoms with Crippen LogP contribution in [0.5, 0.6) is 0 Å². The zero-order valence-corrected chi connectivity index (χ0v) is 14.9. The fourth-order valence-electron chi connectivity index (χ4n) is 2.70. The molecule has 1 heterocycles. The SMILES string of the molecule is CCCc1nc2ccccc2n1CCN(C)CCC(C)(C)C. The van der Waals surface area contributed by atoms with Gasteiger partial charge in [-0.15, -0.1) is 0 Å². The van der Waals surface area contributed by atoms with Gasteiger partial charge < -0.3 is 9.47 Å². The molecule has 122 valence electrons. The molecule has 0 fully saturated rings. The van der Waals surface area contributed by atoms with Crippen LogP contribution in [-0.4, -0.2) is 34.6 Å². The lowest BCUT2D eigenvalue weighted by Gasteiger charge is -2.24. The Hall–Kier alpha value is -1.35. The fourth-order valence-corrected chi connectivity index (χ4v) is 2.70. The minimum absolute atomic E-state index is 0.406. The van der Waals surface area contributed by atoms with E-state index in [1.54, 1.807) is 0 Å². The van der Waals surface area contributed by atoms with Crippen LogP contribution in [-0.2, 0) is 13.0 Å². The Morgan fingerprint density at radius 2 is 1.86 bits per heavy atom.